The van der Waals surface area contributed by atoms with Crippen LogP contribution in [0.3, 0.4) is 0 Å². The molecule has 0 saturated carbocycles. The summed E-state index contributed by atoms with van der Waals surface area (Å²) in [6.45, 7) is 5.83. The Bertz CT molecular complexity index is 236. The first kappa shape index (κ1) is 10.2. The van der Waals surface area contributed by atoms with Crippen LogP contribution in [0.2, 0.25) is 0 Å². The Morgan fingerprint density at radius 1 is 1.46 bits per heavy atom. The van der Waals surface area contributed by atoms with E-state index in [1.807, 2.05) is 6.08 Å². The van der Waals surface area contributed by atoms with E-state index in [-0.39, 0.29) is 0 Å². The monoisotopic (exact) mass is 178 g/mol. The van der Waals surface area contributed by atoms with E-state index in [1.165, 1.54) is 5.57 Å². The van der Waals surface area contributed by atoms with E-state index in [4.69, 9.17) is 0 Å². The summed E-state index contributed by atoms with van der Waals surface area (Å²) < 4.78 is 0. The zero-order chi connectivity index (χ0) is 9.68. The molecule has 0 unspecified atom stereocenters. The lowest BCUT2D eigenvalue weighted by Crippen LogP contribution is -2.11. The first-order valence-corrected chi connectivity index (χ1v) is 5.14. The molecule has 0 aromatic rings. The van der Waals surface area contributed by atoms with Crippen molar-refractivity contribution < 1.29 is 4.79 Å². The number of carbonyl (C=O) groups excluding carboxylic acids is 1. The van der Waals surface area contributed by atoms with Gasteiger partial charge in [-0.1, -0.05) is 18.6 Å². The normalized spacial score (nSPS) is 17.8. The summed E-state index contributed by atoms with van der Waals surface area (Å²) in [4.78, 5) is 11.6. The maximum Gasteiger partial charge on any atom is 0.158 e. The van der Waals surface area contributed by atoms with E-state index in [0.717, 1.165) is 44.1 Å². The number of Topliss-reactive ketones (excluding diaryl/α,β-unsaturated/α-hetero) is 1. The van der Waals surface area contributed by atoms with Gasteiger partial charge in [0.05, 0.1) is 0 Å². The van der Waals surface area contributed by atoms with Crippen molar-refractivity contribution in [3.63, 3.8) is 0 Å². The second-order valence-electron chi connectivity index (χ2n) is 3.54. The number of allylic oxidation sites excluding steroid dienone is 3. The van der Waals surface area contributed by atoms with E-state index < -0.39 is 0 Å². The molecule has 1 nitrogen and oxygen atoms in total. The quantitative estimate of drug-likeness (QED) is 0.603. The first-order valence-electron chi connectivity index (χ1n) is 5.14. The zero-order valence-electron chi connectivity index (χ0n) is 8.44. The van der Waals surface area contributed by atoms with Crippen molar-refractivity contribution in [3.05, 3.63) is 23.8 Å². The van der Waals surface area contributed by atoms with E-state index in [0.29, 0.717) is 5.78 Å². The van der Waals surface area contributed by atoms with Gasteiger partial charge < -0.3 is 0 Å². The summed E-state index contributed by atoms with van der Waals surface area (Å²) in [6.07, 6.45) is 7.72. The van der Waals surface area contributed by atoms with Gasteiger partial charge in [0.1, 0.15) is 0 Å². The number of ketones is 1. The second kappa shape index (κ2) is 5.00. The molecule has 0 N–H and O–H groups in total. The third-order valence-corrected chi connectivity index (χ3v) is 2.67. The molecule has 1 rings (SSSR count). The van der Waals surface area contributed by atoms with Crippen molar-refractivity contribution in [2.45, 2.75) is 45.4 Å². The molecule has 0 heterocycles. The van der Waals surface area contributed by atoms with Crippen molar-refractivity contribution in [2.75, 3.05) is 0 Å². The summed E-state index contributed by atoms with van der Waals surface area (Å²) in [5.41, 5.74) is 2.49. The van der Waals surface area contributed by atoms with Gasteiger partial charge in [-0.15, -0.1) is 6.58 Å². The van der Waals surface area contributed by atoms with Crippen LogP contribution in [-0.2, 0) is 4.79 Å². The molecule has 0 amide bonds. The summed E-state index contributed by atoms with van der Waals surface area (Å²) >= 11 is 0. The van der Waals surface area contributed by atoms with Gasteiger partial charge in [-0.05, 0) is 37.7 Å². The molecule has 0 atom stereocenters. The molecule has 0 spiro atoms. The minimum absolute atomic E-state index is 0.380. The molecular weight excluding hydrogens is 160 g/mol. The number of rotatable bonds is 4. The number of hydrogen-bond donors (Lipinski definition) is 0. The van der Waals surface area contributed by atoms with Gasteiger partial charge in [-0.2, -0.15) is 0 Å². The van der Waals surface area contributed by atoms with Crippen LogP contribution in [-0.4, -0.2) is 5.78 Å². The molecule has 1 aliphatic rings. The lowest BCUT2D eigenvalue weighted by molar-refractivity contribution is -0.116. The topological polar surface area (TPSA) is 17.1 Å². The molecule has 1 aliphatic carbocycles. The Kier molecular flexibility index (Phi) is 3.94. The summed E-state index contributed by atoms with van der Waals surface area (Å²) in [5.74, 6) is 0.380. The lowest BCUT2D eigenvalue weighted by Gasteiger charge is -2.17. The standard InChI is InChI=1S/C12H18O/c1-3-5-8-11-10(4-2)7-6-9-12(11)13/h3H,1,4-9H2,2H3. The van der Waals surface area contributed by atoms with Crippen molar-refractivity contribution in [1.82, 2.24) is 0 Å². The van der Waals surface area contributed by atoms with Crippen LogP contribution in [0, 0.1) is 0 Å². The zero-order valence-corrected chi connectivity index (χ0v) is 8.44. The highest BCUT2D eigenvalue weighted by Gasteiger charge is 2.17. The van der Waals surface area contributed by atoms with Gasteiger partial charge in [-0.3, -0.25) is 4.79 Å². The van der Waals surface area contributed by atoms with Gasteiger partial charge in [0.15, 0.2) is 5.78 Å². The molecule has 1 heteroatoms. The Hall–Kier alpha value is -0.850. The highest BCUT2D eigenvalue weighted by atomic mass is 16.1. The molecule has 72 valence electrons. The van der Waals surface area contributed by atoms with Crippen LogP contribution in [0.25, 0.3) is 0 Å². The third kappa shape index (κ3) is 2.55. The average molecular weight is 178 g/mol. The fraction of sp³-hybridized carbons (Fsp3) is 0.583. The van der Waals surface area contributed by atoms with E-state index >= 15 is 0 Å². The average Bonchev–Trinajstić information content (AvgIpc) is 2.15. The lowest BCUT2D eigenvalue weighted by atomic mass is 9.87. The minimum atomic E-state index is 0.380. The van der Waals surface area contributed by atoms with Crippen LogP contribution in [0.4, 0.5) is 0 Å². The molecule has 0 bridgehead atoms. The van der Waals surface area contributed by atoms with Crippen molar-refractivity contribution >= 4 is 5.78 Å². The Morgan fingerprint density at radius 2 is 2.23 bits per heavy atom. The molecule has 0 saturated heterocycles. The molecule has 13 heavy (non-hydrogen) atoms. The van der Waals surface area contributed by atoms with Gasteiger partial charge in [0.2, 0.25) is 0 Å². The fourth-order valence-corrected chi connectivity index (χ4v) is 1.91. The van der Waals surface area contributed by atoms with Crippen molar-refractivity contribution in [3.8, 4) is 0 Å². The maximum atomic E-state index is 11.6. The Morgan fingerprint density at radius 3 is 2.85 bits per heavy atom. The van der Waals surface area contributed by atoms with E-state index in [2.05, 4.69) is 13.5 Å². The summed E-state index contributed by atoms with van der Waals surface area (Å²) in [7, 11) is 0. The first-order chi connectivity index (χ1) is 6.29. The molecule has 0 aromatic carbocycles. The maximum absolute atomic E-state index is 11.6. The summed E-state index contributed by atoms with van der Waals surface area (Å²) in [6, 6.07) is 0. The van der Waals surface area contributed by atoms with E-state index in [9.17, 15) is 4.79 Å². The van der Waals surface area contributed by atoms with Crippen LogP contribution < -0.4 is 0 Å². The van der Waals surface area contributed by atoms with Gasteiger partial charge in [0, 0.05) is 6.42 Å². The van der Waals surface area contributed by atoms with Gasteiger partial charge in [0.25, 0.3) is 0 Å². The van der Waals surface area contributed by atoms with E-state index in [1.54, 1.807) is 0 Å². The minimum Gasteiger partial charge on any atom is -0.295 e. The van der Waals surface area contributed by atoms with Crippen LogP contribution in [0.5, 0.6) is 0 Å². The highest BCUT2D eigenvalue weighted by Crippen LogP contribution is 2.27. The summed E-state index contributed by atoms with van der Waals surface area (Å²) in [5, 5.41) is 0. The third-order valence-electron chi connectivity index (χ3n) is 2.67. The molecule has 0 radical (unpaired) electrons. The predicted molar refractivity (Wildman–Crippen MR) is 55.6 cm³/mol. The number of carbonyl (C=O) groups is 1. The van der Waals surface area contributed by atoms with Crippen LogP contribution >= 0.6 is 0 Å². The smallest absolute Gasteiger partial charge is 0.158 e. The van der Waals surface area contributed by atoms with Crippen molar-refractivity contribution in [2.24, 2.45) is 0 Å². The molecule has 0 aliphatic heterocycles. The molecule has 0 aromatic heterocycles. The van der Waals surface area contributed by atoms with Gasteiger partial charge >= 0.3 is 0 Å². The highest BCUT2D eigenvalue weighted by molar-refractivity contribution is 5.96. The SMILES string of the molecule is C=CCCC1=C(CC)CCCC1=O. The van der Waals surface area contributed by atoms with Crippen LogP contribution in [0.1, 0.15) is 45.4 Å². The Labute approximate surface area is 80.5 Å². The largest absolute Gasteiger partial charge is 0.295 e. The molecular formula is C12H18O. The predicted octanol–water partition coefficient (Wildman–Crippen LogP) is 3.41. The van der Waals surface area contributed by atoms with Crippen molar-refractivity contribution in [1.29, 1.82) is 0 Å². The van der Waals surface area contributed by atoms with Gasteiger partial charge in [-0.25, -0.2) is 0 Å². The second-order valence-corrected chi connectivity index (χ2v) is 3.54. The molecule has 0 fully saturated rings. The Balaban J connectivity index is 2.74. The fourth-order valence-electron chi connectivity index (χ4n) is 1.91. The number of hydrogen-bond acceptors (Lipinski definition) is 1. The van der Waals surface area contributed by atoms with Crippen LogP contribution in [0.15, 0.2) is 23.8 Å².